The van der Waals surface area contributed by atoms with Crippen molar-refractivity contribution < 1.29 is 19.0 Å². The van der Waals surface area contributed by atoms with E-state index in [9.17, 15) is 9.90 Å². The van der Waals surface area contributed by atoms with Gasteiger partial charge in [0.05, 0.1) is 0 Å². The summed E-state index contributed by atoms with van der Waals surface area (Å²) in [5.41, 5.74) is 2.18. The van der Waals surface area contributed by atoms with E-state index < -0.39 is 11.9 Å². The van der Waals surface area contributed by atoms with Crippen LogP contribution in [0.2, 0.25) is 0 Å². The third-order valence-electron chi connectivity index (χ3n) is 4.54. The average molecular weight is 408 g/mol. The lowest BCUT2D eigenvalue weighted by Crippen LogP contribution is -2.04. The molecule has 0 saturated carbocycles. The molecule has 0 aliphatic carbocycles. The molecule has 2 aromatic carbocycles. The maximum Gasteiger partial charge on any atom is 0.354 e. The molecule has 0 bridgehead atoms. The first-order valence-electron chi connectivity index (χ1n) is 9.24. The summed E-state index contributed by atoms with van der Waals surface area (Å²) in [6.07, 6.45) is 0.854. The minimum absolute atomic E-state index is 0.0512. The van der Waals surface area contributed by atoms with Crippen molar-refractivity contribution >= 4 is 11.8 Å². The molecular formula is C23H20O5S. The molecule has 0 radical (unpaired) electrons. The second-order valence-corrected chi connectivity index (χ2v) is 7.94. The fourth-order valence-electron chi connectivity index (χ4n) is 2.92. The third-order valence-corrected chi connectivity index (χ3v) is 5.51. The fraction of sp³-hybridized carbons (Fsp3) is 0.174. The zero-order valence-corrected chi connectivity index (χ0v) is 16.8. The summed E-state index contributed by atoms with van der Waals surface area (Å²) >= 11 is 0.972. The Bertz CT molecular complexity index is 1080. The Morgan fingerprint density at radius 3 is 2.41 bits per heavy atom. The number of ether oxygens (including phenoxy) is 2. The molecule has 1 atom stereocenters. The Kier molecular flexibility index (Phi) is 5.36. The topological polar surface area (TPSA) is 68.9 Å². The average Bonchev–Trinajstić information content (AvgIpc) is 3.20. The Labute approximate surface area is 172 Å². The summed E-state index contributed by atoms with van der Waals surface area (Å²) in [6.45, 7) is 4.27. The van der Waals surface area contributed by atoms with Gasteiger partial charge >= 0.3 is 5.63 Å². The van der Waals surface area contributed by atoms with Gasteiger partial charge in [-0.1, -0.05) is 68.4 Å². The van der Waals surface area contributed by atoms with Crippen LogP contribution in [-0.4, -0.2) is 5.11 Å². The van der Waals surface area contributed by atoms with Gasteiger partial charge in [-0.3, -0.25) is 0 Å². The number of aromatic hydroxyl groups is 1. The van der Waals surface area contributed by atoms with Crippen molar-refractivity contribution in [2.24, 2.45) is 0 Å². The zero-order valence-electron chi connectivity index (χ0n) is 16.0. The molecule has 1 aliphatic rings. The van der Waals surface area contributed by atoms with Gasteiger partial charge in [-0.05, 0) is 23.2 Å². The molecule has 148 valence electrons. The second-order valence-electron chi connectivity index (χ2n) is 6.92. The Balaban J connectivity index is 1.48. The van der Waals surface area contributed by atoms with E-state index in [1.54, 1.807) is 12.1 Å². The van der Waals surface area contributed by atoms with Crippen molar-refractivity contribution in [2.45, 2.75) is 31.0 Å². The summed E-state index contributed by atoms with van der Waals surface area (Å²) in [5, 5.41) is 10.7. The monoisotopic (exact) mass is 408 g/mol. The fourth-order valence-corrected chi connectivity index (χ4v) is 3.65. The smallest absolute Gasteiger partial charge is 0.354 e. The predicted octanol–water partition coefficient (Wildman–Crippen LogP) is 5.77. The van der Waals surface area contributed by atoms with E-state index in [0.29, 0.717) is 22.3 Å². The van der Waals surface area contributed by atoms with Gasteiger partial charge in [0.15, 0.2) is 5.09 Å². The molecule has 0 fully saturated rings. The normalized spacial score (nSPS) is 15.7. The van der Waals surface area contributed by atoms with Gasteiger partial charge in [0.1, 0.15) is 22.7 Å². The van der Waals surface area contributed by atoms with Crippen LogP contribution in [0.3, 0.4) is 0 Å². The highest BCUT2D eigenvalue weighted by atomic mass is 32.2. The van der Waals surface area contributed by atoms with Gasteiger partial charge in [-0.25, -0.2) is 4.79 Å². The lowest BCUT2D eigenvalue weighted by molar-refractivity contribution is -0.0273. The minimum atomic E-state index is -0.636. The molecule has 4 rings (SSSR count). The predicted molar refractivity (Wildman–Crippen MR) is 111 cm³/mol. The largest absolute Gasteiger partial charge is 0.506 e. The highest BCUT2D eigenvalue weighted by molar-refractivity contribution is 8.03. The first-order valence-corrected chi connectivity index (χ1v) is 10.1. The molecule has 2 heterocycles. The first-order chi connectivity index (χ1) is 14.0. The first kappa shape index (κ1) is 19.2. The van der Waals surface area contributed by atoms with Crippen LogP contribution < -0.4 is 5.63 Å². The quantitative estimate of drug-likeness (QED) is 0.578. The maximum atomic E-state index is 12.4. The van der Waals surface area contributed by atoms with Crippen LogP contribution in [0.5, 0.6) is 5.75 Å². The summed E-state index contributed by atoms with van der Waals surface area (Å²) in [7, 11) is 0. The molecule has 3 aromatic rings. The number of hydrogen-bond donors (Lipinski definition) is 1. The van der Waals surface area contributed by atoms with E-state index in [1.165, 1.54) is 17.9 Å². The second kappa shape index (κ2) is 8.09. The van der Waals surface area contributed by atoms with Gasteiger partial charge in [0.25, 0.3) is 6.29 Å². The van der Waals surface area contributed by atoms with Crippen molar-refractivity contribution in [1.82, 2.24) is 0 Å². The van der Waals surface area contributed by atoms with Gasteiger partial charge in [0.2, 0.25) is 0 Å². The number of thioether (sulfide) groups is 1. The van der Waals surface area contributed by atoms with Crippen LogP contribution >= 0.6 is 11.8 Å². The van der Waals surface area contributed by atoms with Gasteiger partial charge in [-0.2, -0.15) is 0 Å². The highest BCUT2D eigenvalue weighted by Gasteiger charge is 2.25. The zero-order chi connectivity index (χ0) is 20.4. The van der Waals surface area contributed by atoms with Gasteiger partial charge < -0.3 is 19.0 Å². The third kappa shape index (κ3) is 4.17. The van der Waals surface area contributed by atoms with Crippen LogP contribution in [0, 0.1) is 0 Å². The lowest BCUT2D eigenvalue weighted by Gasteiger charge is -2.13. The number of rotatable bonds is 5. The summed E-state index contributed by atoms with van der Waals surface area (Å²) in [6, 6.07) is 18.6. The summed E-state index contributed by atoms with van der Waals surface area (Å²) in [4.78, 5) is 12.5. The van der Waals surface area contributed by atoms with Crippen LogP contribution in [0.4, 0.5) is 0 Å². The molecule has 29 heavy (non-hydrogen) atoms. The molecule has 0 amide bonds. The van der Waals surface area contributed by atoms with Crippen molar-refractivity contribution in [2.75, 3.05) is 0 Å². The molecule has 0 saturated heterocycles. The molecular weight excluding hydrogens is 388 g/mol. The number of hydrogen-bond acceptors (Lipinski definition) is 6. The van der Waals surface area contributed by atoms with E-state index in [0.717, 1.165) is 17.3 Å². The van der Waals surface area contributed by atoms with Gasteiger partial charge in [0, 0.05) is 17.2 Å². The summed E-state index contributed by atoms with van der Waals surface area (Å²) < 4.78 is 16.7. The van der Waals surface area contributed by atoms with Crippen molar-refractivity contribution in [3.05, 3.63) is 93.6 Å². The summed E-state index contributed by atoms with van der Waals surface area (Å²) in [5.74, 6) is 0.581. The minimum Gasteiger partial charge on any atom is -0.506 e. The molecule has 0 spiro atoms. The van der Waals surface area contributed by atoms with Crippen molar-refractivity contribution in [3.8, 4) is 17.1 Å². The number of benzene rings is 2. The van der Waals surface area contributed by atoms with E-state index in [4.69, 9.17) is 13.9 Å². The molecule has 1 aliphatic heterocycles. The van der Waals surface area contributed by atoms with Crippen molar-refractivity contribution in [1.29, 1.82) is 0 Å². The molecule has 1 unspecified atom stereocenters. The van der Waals surface area contributed by atoms with Crippen LogP contribution in [0.25, 0.3) is 11.3 Å². The molecule has 1 N–H and O–H groups in total. The van der Waals surface area contributed by atoms with Gasteiger partial charge in [-0.15, -0.1) is 0 Å². The maximum absolute atomic E-state index is 12.4. The Morgan fingerprint density at radius 2 is 1.76 bits per heavy atom. The Morgan fingerprint density at radius 1 is 1.03 bits per heavy atom. The highest BCUT2D eigenvalue weighted by Crippen LogP contribution is 2.40. The van der Waals surface area contributed by atoms with Crippen LogP contribution in [0.1, 0.15) is 37.2 Å². The van der Waals surface area contributed by atoms with Crippen LogP contribution in [-0.2, 0) is 9.47 Å². The molecule has 1 aromatic heterocycles. The van der Waals surface area contributed by atoms with Crippen molar-refractivity contribution in [3.63, 3.8) is 0 Å². The molecule has 5 nitrogen and oxygen atoms in total. The van der Waals surface area contributed by atoms with E-state index in [-0.39, 0.29) is 10.6 Å². The van der Waals surface area contributed by atoms with E-state index in [2.05, 4.69) is 13.8 Å². The standard InChI is InChI=1S/C23H20O5S/c1-14(2)15-8-10-17(11-9-15)23-26-13-20(28-23)29-21-18(24)12-19(27-22(21)25)16-6-4-3-5-7-16/h3-14,23-24H,1-2H3. The SMILES string of the molecule is CC(C)c1ccc(C2OC=C(Sc3c(O)cc(-c4ccccc4)oc3=O)O2)cc1. The van der Waals surface area contributed by atoms with E-state index in [1.807, 2.05) is 42.5 Å². The van der Waals surface area contributed by atoms with E-state index >= 15 is 0 Å². The Hall–Kier alpha value is -3.12. The van der Waals surface area contributed by atoms with Crippen LogP contribution in [0.15, 0.2) is 86.1 Å². The lowest BCUT2D eigenvalue weighted by atomic mass is 10.0. The molecule has 6 heteroatoms.